The van der Waals surface area contributed by atoms with Crippen molar-refractivity contribution in [2.45, 2.75) is 98.4 Å². The Kier molecular flexibility index (Phi) is 10.8. The van der Waals surface area contributed by atoms with Gasteiger partial charge in [0, 0.05) is 6.04 Å². The van der Waals surface area contributed by atoms with Gasteiger partial charge in [-0.25, -0.2) is 0 Å². The van der Waals surface area contributed by atoms with Crippen LogP contribution < -0.4 is 5.32 Å². The second kappa shape index (κ2) is 10.8. The zero-order valence-electron chi connectivity index (χ0n) is 13.6. The summed E-state index contributed by atoms with van der Waals surface area (Å²) in [6.07, 6.45) is 12.5. The van der Waals surface area contributed by atoms with Crippen LogP contribution in [0.25, 0.3) is 0 Å². The molecule has 1 heteroatoms. The molecule has 0 aliphatic heterocycles. The van der Waals surface area contributed by atoms with E-state index < -0.39 is 0 Å². The van der Waals surface area contributed by atoms with Crippen molar-refractivity contribution < 1.29 is 0 Å². The Balaban J connectivity index is 3.63. The maximum absolute atomic E-state index is 3.66. The molecule has 0 heterocycles. The largest absolute Gasteiger partial charge is 0.314 e. The van der Waals surface area contributed by atoms with Crippen LogP contribution in [0.4, 0.5) is 0 Å². The predicted octanol–water partition coefficient (Wildman–Crippen LogP) is 5.54. The van der Waals surface area contributed by atoms with Crippen molar-refractivity contribution >= 4 is 0 Å². The van der Waals surface area contributed by atoms with E-state index in [9.17, 15) is 0 Å². The molecule has 0 aromatic heterocycles. The van der Waals surface area contributed by atoms with Crippen molar-refractivity contribution in [1.82, 2.24) is 5.32 Å². The zero-order valence-corrected chi connectivity index (χ0v) is 13.6. The van der Waals surface area contributed by atoms with Crippen molar-refractivity contribution in [3.8, 4) is 0 Å². The third-order valence-electron chi connectivity index (χ3n) is 3.64. The minimum atomic E-state index is 0.481. The van der Waals surface area contributed by atoms with E-state index in [1.807, 2.05) is 0 Å². The van der Waals surface area contributed by atoms with Gasteiger partial charge >= 0.3 is 0 Å². The molecule has 0 bridgehead atoms. The molecule has 0 fully saturated rings. The molecule has 0 rings (SSSR count). The van der Waals surface area contributed by atoms with E-state index in [1.54, 1.807) is 0 Å². The fourth-order valence-corrected chi connectivity index (χ4v) is 2.42. The van der Waals surface area contributed by atoms with E-state index >= 15 is 0 Å². The molecule has 0 spiro atoms. The normalized spacial score (nSPS) is 13.8. The molecule has 0 aliphatic rings. The van der Waals surface area contributed by atoms with Gasteiger partial charge in [-0.3, -0.25) is 0 Å². The number of hydrogen-bond donors (Lipinski definition) is 1. The Labute approximate surface area is 116 Å². The molecule has 18 heavy (non-hydrogen) atoms. The average molecular weight is 255 g/mol. The molecular formula is C17H37N. The van der Waals surface area contributed by atoms with Crippen LogP contribution >= 0.6 is 0 Å². The Hall–Kier alpha value is -0.0400. The van der Waals surface area contributed by atoms with Crippen molar-refractivity contribution in [3.05, 3.63) is 0 Å². The van der Waals surface area contributed by atoms with E-state index in [2.05, 4.69) is 39.9 Å². The van der Waals surface area contributed by atoms with E-state index in [-0.39, 0.29) is 0 Å². The monoisotopic (exact) mass is 255 g/mol. The summed E-state index contributed by atoms with van der Waals surface area (Å²) in [6.45, 7) is 12.7. The van der Waals surface area contributed by atoms with Crippen LogP contribution in [0.5, 0.6) is 0 Å². The highest BCUT2D eigenvalue weighted by atomic mass is 14.9. The van der Waals surface area contributed by atoms with Gasteiger partial charge < -0.3 is 5.32 Å². The van der Waals surface area contributed by atoms with Crippen molar-refractivity contribution in [1.29, 1.82) is 0 Å². The van der Waals surface area contributed by atoms with E-state index in [0.717, 1.165) is 12.6 Å². The maximum Gasteiger partial charge on any atom is 0.00671 e. The quantitative estimate of drug-likeness (QED) is 0.478. The molecule has 0 aromatic rings. The third kappa shape index (κ3) is 12.4. The van der Waals surface area contributed by atoms with Crippen molar-refractivity contribution in [2.75, 3.05) is 6.54 Å². The highest BCUT2D eigenvalue weighted by Crippen LogP contribution is 2.23. The summed E-state index contributed by atoms with van der Waals surface area (Å²) in [4.78, 5) is 0. The number of unbranched alkanes of at least 4 members (excludes halogenated alkanes) is 5. The summed E-state index contributed by atoms with van der Waals surface area (Å²) < 4.78 is 0. The summed E-state index contributed by atoms with van der Waals surface area (Å²) in [7, 11) is 0. The second-order valence-electron chi connectivity index (χ2n) is 6.91. The first-order valence-electron chi connectivity index (χ1n) is 8.23. The molecule has 1 unspecified atom stereocenters. The highest BCUT2D eigenvalue weighted by Gasteiger charge is 2.14. The van der Waals surface area contributed by atoms with Crippen LogP contribution in [0.2, 0.25) is 0 Å². The minimum Gasteiger partial charge on any atom is -0.314 e. The van der Waals surface area contributed by atoms with Crippen LogP contribution in [0, 0.1) is 5.41 Å². The van der Waals surface area contributed by atoms with Crippen LogP contribution in [-0.2, 0) is 0 Å². The molecule has 0 aliphatic carbocycles. The first-order chi connectivity index (χ1) is 8.49. The van der Waals surface area contributed by atoms with Gasteiger partial charge in [-0.2, -0.15) is 0 Å². The zero-order chi connectivity index (χ0) is 13.9. The van der Waals surface area contributed by atoms with Crippen LogP contribution in [-0.4, -0.2) is 12.6 Å². The van der Waals surface area contributed by atoms with Gasteiger partial charge in [0.25, 0.3) is 0 Å². The van der Waals surface area contributed by atoms with Gasteiger partial charge in [0.05, 0.1) is 0 Å². The summed E-state index contributed by atoms with van der Waals surface area (Å²) in [5.41, 5.74) is 0.481. The van der Waals surface area contributed by atoms with E-state index in [4.69, 9.17) is 0 Å². The molecular weight excluding hydrogens is 218 g/mol. The summed E-state index contributed by atoms with van der Waals surface area (Å²) in [6, 6.07) is 0.750. The topological polar surface area (TPSA) is 12.0 Å². The molecule has 0 saturated carbocycles. The Bertz CT molecular complexity index is 169. The fourth-order valence-electron chi connectivity index (χ4n) is 2.42. The molecule has 1 N–H and O–H groups in total. The van der Waals surface area contributed by atoms with E-state index in [0.29, 0.717) is 5.41 Å². The summed E-state index contributed by atoms with van der Waals surface area (Å²) in [5, 5.41) is 3.66. The molecule has 110 valence electrons. The molecule has 0 aromatic carbocycles. The number of hydrogen-bond acceptors (Lipinski definition) is 1. The van der Waals surface area contributed by atoms with Crippen LogP contribution in [0.1, 0.15) is 92.4 Å². The van der Waals surface area contributed by atoms with Gasteiger partial charge in [-0.1, -0.05) is 73.1 Å². The molecule has 1 atom stereocenters. The highest BCUT2D eigenvalue weighted by molar-refractivity contribution is 4.71. The maximum atomic E-state index is 3.66. The first kappa shape index (κ1) is 18.0. The standard InChI is InChI=1S/C17H37N/c1-6-8-9-10-11-12-13-16(18-7-2)14-15-17(3,4)5/h16,18H,6-15H2,1-5H3. The van der Waals surface area contributed by atoms with Gasteiger partial charge in [0.1, 0.15) is 0 Å². The van der Waals surface area contributed by atoms with Crippen LogP contribution in [0.3, 0.4) is 0 Å². The lowest BCUT2D eigenvalue weighted by atomic mass is 9.87. The van der Waals surface area contributed by atoms with Gasteiger partial charge in [-0.05, 0) is 31.2 Å². The molecule has 0 saturated heterocycles. The lowest BCUT2D eigenvalue weighted by Gasteiger charge is -2.23. The molecule has 1 nitrogen and oxygen atoms in total. The van der Waals surface area contributed by atoms with E-state index in [1.165, 1.54) is 57.8 Å². The smallest absolute Gasteiger partial charge is 0.00671 e. The predicted molar refractivity (Wildman–Crippen MR) is 84.1 cm³/mol. The summed E-state index contributed by atoms with van der Waals surface area (Å²) in [5.74, 6) is 0. The fraction of sp³-hybridized carbons (Fsp3) is 1.00. The SMILES string of the molecule is CCCCCCCCC(CCC(C)(C)C)NCC. The second-order valence-corrected chi connectivity index (χ2v) is 6.91. The molecule has 0 amide bonds. The lowest BCUT2D eigenvalue weighted by molar-refractivity contribution is 0.320. The number of nitrogens with one attached hydrogen (secondary N) is 1. The third-order valence-corrected chi connectivity index (χ3v) is 3.64. The van der Waals surface area contributed by atoms with Crippen molar-refractivity contribution in [3.63, 3.8) is 0 Å². The molecule has 0 radical (unpaired) electrons. The van der Waals surface area contributed by atoms with Crippen molar-refractivity contribution in [2.24, 2.45) is 5.41 Å². The Morgan fingerprint density at radius 1 is 0.833 bits per heavy atom. The lowest BCUT2D eigenvalue weighted by Crippen LogP contribution is -2.30. The van der Waals surface area contributed by atoms with Gasteiger partial charge in [0.15, 0.2) is 0 Å². The Morgan fingerprint density at radius 3 is 2.00 bits per heavy atom. The van der Waals surface area contributed by atoms with Gasteiger partial charge in [-0.15, -0.1) is 0 Å². The van der Waals surface area contributed by atoms with Crippen LogP contribution in [0.15, 0.2) is 0 Å². The Morgan fingerprint density at radius 2 is 1.44 bits per heavy atom. The van der Waals surface area contributed by atoms with Gasteiger partial charge in [0.2, 0.25) is 0 Å². The number of rotatable bonds is 11. The minimum absolute atomic E-state index is 0.481. The summed E-state index contributed by atoms with van der Waals surface area (Å²) >= 11 is 0. The average Bonchev–Trinajstić information content (AvgIpc) is 2.29. The first-order valence-corrected chi connectivity index (χ1v) is 8.23.